The maximum absolute atomic E-state index is 12.7. The number of esters is 3. The summed E-state index contributed by atoms with van der Waals surface area (Å²) >= 11 is 0. The van der Waals surface area contributed by atoms with E-state index in [0.717, 1.165) is 64.2 Å². The Morgan fingerprint density at radius 2 is 0.589 bits per heavy atom. The van der Waals surface area contributed by atoms with Crippen molar-refractivity contribution in [2.45, 2.75) is 264 Å². The van der Waals surface area contributed by atoms with Crippen molar-refractivity contribution in [2.24, 2.45) is 0 Å². The van der Waals surface area contributed by atoms with Gasteiger partial charge in [0.1, 0.15) is 13.2 Å². The van der Waals surface area contributed by atoms with Crippen LogP contribution in [0.2, 0.25) is 0 Å². The van der Waals surface area contributed by atoms with Crippen molar-refractivity contribution < 1.29 is 28.6 Å². The first-order valence-electron chi connectivity index (χ1n) is 24.3. The molecule has 0 aliphatic carbocycles. The highest BCUT2D eigenvalue weighted by molar-refractivity contribution is 5.71. The normalized spacial score (nSPS) is 12.1. The van der Waals surface area contributed by atoms with Crippen molar-refractivity contribution in [2.75, 3.05) is 13.2 Å². The maximum Gasteiger partial charge on any atom is 0.306 e. The van der Waals surface area contributed by atoms with Crippen molar-refractivity contribution >= 4 is 17.9 Å². The lowest BCUT2D eigenvalue weighted by Gasteiger charge is -2.18. The van der Waals surface area contributed by atoms with E-state index in [-0.39, 0.29) is 31.1 Å². The van der Waals surface area contributed by atoms with Crippen LogP contribution in [0.25, 0.3) is 0 Å². The van der Waals surface area contributed by atoms with Crippen LogP contribution >= 0.6 is 0 Å². The number of unbranched alkanes of at least 4 members (excludes halogenated alkanes) is 29. The number of hydrogen-bond donors (Lipinski definition) is 0. The molecule has 0 aromatic rings. The fourth-order valence-electron chi connectivity index (χ4n) is 6.96. The average molecular weight is 789 g/mol. The fraction of sp³-hybridized carbons (Fsp3) is 0.860. The third-order valence-electron chi connectivity index (χ3n) is 10.7. The summed E-state index contributed by atoms with van der Waals surface area (Å²) in [5.74, 6) is -0.884. The second-order valence-corrected chi connectivity index (χ2v) is 16.4. The minimum atomic E-state index is -0.770. The zero-order valence-corrected chi connectivity index (χ0v) is 37.4. The Bertz CT molecular complexity index is 911. The summed E-state index contributed by atoms with van der Waals surface area (Å²) in [6.07, 6.45) is 50.2. The summed E-state index contributed by atoms with van der Waals surface area (Å²) in [4.78, 5) is 37.7. The molecule has 0 heterocycles. The van der Waals surface area contributed by atoms with Crippen LogP contribution in [0.3, 0.4) is 0 Å². The number of carbonyl (C=O) groups is 3. The van der Waals surface area contributed by atoms with E-state index < -0.39 is 6.10 Å². The molecule has 0 saturated heterocycles. The Morgan fingerprint density at radius 3 is 0.911 bits per heavy atom. The Hall–Kier alpha value is -2.11. The first-order chi connectivity index (χ1) is 27.5. The number of carbonyl (C=O) groups excluding carboxylic acids is 3. The average Bonchev–Trinajstić information content (AvgIpc) is 3.19. The smallest absolute Gasteiger partial charge is 0.306 e. The summed E-state index contributed by atoms with van der Waals surface area (Å²) in [7, 11) is 0. The first kappa shape index (κ1) is 53.9. The largest absolute Gasteiger partial charge is 0.462 e. The van der Waals surface area contributed by atoms with Crippen LogP contribution in [0, 0.1) is 0 Å². The van der Waals surface area contributed by atoms with Crippen molar-refractivity contribution in [3.05, 3.63) is 24.3 Å². The first-order valence-corrected chi connectivity index (χ1v) is 24.3. The summed E-state index contributed by atoms with van der Waals surface area (Å²) in [5, 5.41) is 0. The third-order valence-corrected chi connectivity index (χ3v) is 10.7. The van der Waals surface area contributed by atoms with E-state index in [0.29, 0.717) is 19.3 Å². The van der Waals surface area contributed by atoms with Gasteiger partial charge < -0.3 is 14.2 Å². The molecule has 0 aromatic heterocycles. The van der Waals surface area contributed by atoms with Gasteiger partial charge in [0.2, 0.25) is 0 Å². The van der Waals surface area contributed by atoms with Crippen LogP contribution in [-0.4, -0.2) is 37.2 Å². The molecule has 0 bridgehead atoms. The van der Waals surface area contributed by atoms with Gasteiger partial charge in [0.15, 0.2) is 6.10 Å². The highest BCUT2D eigenvalue weighted by Crippen LogP contribution is 2.14. The molecule has 328 valence electrons. The SMILES string of the molecule is CCCCCC/C=C\CCCCCCCC(=O)OC(COC(=O)CCCCCCCCCC)COC(=O)CCCCCCCCC/C=C\CCCCCCCC. The molecule has 0 N–H and O–H groups in total. The molecule has 0 amide bonds. The summed E-state index contributed by atoms with van der Waals surface area (Å²) in [6.45, 7) is 6.59. The van der Waals surface area contributed by atoms with Gasteiger partial charge in [0.05, 0.1) is 0 Å². The van der Waals surface area contributed by atoms with Crippen LogP contribution < -0.4 is 0 Å². The van der Waals surface area contributed by atoms with Gasteiger partial charge >= 0.3 is 17.9 Å². The van der Waals surface area contributed by atoms with Crippen LogP contribution in [0.15, 0.2) is 24.3 Å². The third kappa shape index (κ3) is 43.0. The second kappa shape index (κ2) is 45.6. The molecule has 0 aliphatic heterocycles. The molecule has 6 nitrogen and oxygen atoms in total. The Kier molecular flexibility index (Phi) is 43.9. The molecular weight excluding hydrogens is 697 g/mol. The molecule has 1 unspecified atom stereocenters. The monoisotopic (exact) mass is 789 g/mol. The number of hydrogen-bond acceptors (Lipinski definition) is 6. The number of allylic oxidation sites excluding steroid dienone is 4. The summed E-state index contributed by atoms with van der Waals surface area (Å²) in [5.41, 5.74) is 0. The van der Waals surface area contributed by atoms with Crippen LogP contribution in [0.5, 0.6) is 0 Å². The van der Waals surface area contributed by atoms with E-state index in [4.69, 9.17) is 14.2 Å². The molecule has 56 heavy (non-hydrogen) atoms. The number of ether oxygens (including phenoxy) is 3. The molecule has 0 radical (unpaired) electrons. The Morgan fingerprint density at radius 1 is 0.339 bits per heavy atom. The van der Waals surface area contributed by atoms with Crippen molar-refractivity contribution in [1.82, 2.24) is 0 Å². The molecule has 0 aromatic carbocycles. The number of rotatable bonds is 44. The van der Waals surface area contributed by atoms with Gasteiger partial charge in [0, 0.05) is 19.3 Å². The molecule has 0 aliphatic rings. The minimum Gasteiger partial charge on any atom is -0.462 e. The molecule has 0 rings (SSSR count). The van der Waals surface area contributed by atoms with Crippen molar-refractivity contribution in [1.29, 1.82) is 0 Å². The molecule has 1 atom stereocenters. The Balaban J connectivity index is 4.29. The summed E-state index contributed by atoms with van der Waals surface area (Å²) in [6, 6.07) is 0. The van der Waals surface area contributed by atoms with Gasteiger partial charge in [-0.15, -0.1) is 0 Å². The Labute approximate surface area is 347 Å². The van der Waals surface area contributed by atoms with E-state index in [1.54, 1.807) is 0 Å². The molecule has 0 fully saturated rings. The predicted octanol–water partition coefficient (Wildman–Crippen LogP) is 15.6. The van der Waals surface area contributed by atoms with E-state index in [9.17, 15) is 14.4 Å². The molecular formula is C50H92O6. The van der Waals surface area contributed by atoms with Gasteiger partial charge in [-0.25, -0.2) is 0 Å². The van der Waals surface area contributed by atoms with Crippen LogP contribution in [0.4, 0.5) is 0 Å². The van der Waals surface area contributed by atoms with E-state index >= 15 is 0 Å². The molecule has 0 saturated carbocycles. The quantitative estimate of drug-likeness (QED) is 0.0265. The van der Waals surface area contributed by atoms with E-state index in [1.165, 1.54) is 154 Å². The molecule has 0 spiro atoms. The topological polar surface area (TPSA) is 78.9 Å². The fourth-order valence-corrected chi connectivity index (χ4v) is 6.96. The molecule has 6 heteroatoms. The zero-order chi connectivity index (χ0) is 40.8. The highest BCUT2D eigenvalue weighted by atomic mass is 16.6. The standard InChI is InChI=1S/C50H92O6/c1-4-7-10-13-16-19-21-23-24-25-26-28-29-31-34-37-40-43-49(52)55-46-47(45-54-48(51)42-39-36-33-18-15-12-9-6-3)56-50(53)44-41-38-35-32-30-27-22-20-17-14-11-8-5-2/h20,22-24,47H,4-19,21,25-46H2,1-3H3/b22-20-,24-23-. The van der Waals surface area contributed by atoms with Crippen LogP contribution in [0.1, 0.15) is 258 Å². The van der Waals surface area contributed by atoms with Gasteiger partial charge in [-0.1, -0.05) is 193 Å². The summed E-state index contributed by atoms with van der Waals surface area (Å²) < 4.78 is 16.7. The second-order valence-electron chi connectivity index (χ2n) is 16.4. The van der Waals surface area contributed by atoms with Gasteiger partial charge in [-0.05, 0) is 70.6 Å². The maximum atomic E-state index is 12.7. The zero-order valence-electron chi connectivity index (χ0n) is 37.4. The van der Waals surface area contributed by atoms with E-state index in [2.05, 4.69) is 45.1 Å². The van der Waals surface area contributed by atoms with Gasteiger partial charge in [-0.3, -0.25) is 14.4 Å². The predicted molar refractivity (Wildman–Crippen MR) is 238 cm³/mol. The van der Waals surface area contributed by atoms with Crippen molar-refractivity contribution in [3.8, 4) is 0 Å². The highest BCUT2D eigenvalue weighted by Gasteiger charge is 2.19. The lowest BCUT2D eigenvalue weighted by atomic mass is 10.1. The lowest BCUT2D eigenvalue weighted by molar-refractivity contribution is -0.167. The van der Waals surface area contributed by atoms with Crippen LogP contribution in [-0.2, 0) is 28.6 Å². The van der Waals surface area contributed by atoms with Gasteiger partial charge in [0.25, 0.3) is 0 Å². The minimum absolute atomic E-state index is 0.0735. The van der Waals surface area contributed by atoms with Gasteiger partial charge in [-0.2, -0.15) is 0 Å². The lowest BCUT2D eigenvalue weighted by Crippen LogP contribution is -2.30. The van der Waals surface area contributed by atoms with E-state index in [1.807, 2.05) is 0 Å². The van der Waals surface area contributed by atoms with Crippen molar-refractivity contribution in [3.63, 3.8) is 0 Å².